The molecular weight excluding hydrogens is 1280 g/mol. The molecule has 6 aliphatic carbocycles. The monoisotopic (exact) mass is 1380 g/mol. The van der Waals surface area contributed by atoms with Crippen molar-refractivity contribution in [3.05, 3.63) is 155 Å². The summed E-state index contributed by atoms with van der Waals surface area (Å²) in [4.78, 5) is 116. The van der Waals surface area contributed by atoms with E-state index in [4.69, 9.17) is 33.2 Å². The number of carbonyl (C=O) groups is 8. The Balaban J connectivity index is 0.898. The van der Waals surface area contributed by atoms with Crippen molar-refractivity contribution in [2.24, 2.45) is 51.8 Å². The SMILES string of the molecule is C=C1/C(=C\C=C2/CCC[C@@]3(C)C2CCC3[C@@H](C)/C=C/C(O)C2CC2)C[C@@H](OC(=O)CCCCC(=O)OC2CC3OCC3(OC(C)=O)C3C(OC(=O)c4ccccc4)C(O)(C(C)(C)C)CC(OC(=O)C(O)C(NC(=O)c4ccccc4)c4ccccc4)C(C)C(OC(C)=O)C(=O)C23C)C[C@@H]1O. The van der Waals surface area contributed by atoms with E-state index in [0.29, 0.717) is 41.2 Å². The highest BCUT2D eigenvalue weighted by molar-refractivity contribution is 5.95. The summed E-state index contributed by atoms with van der Waals surface area (Å²) in [5.41, 5.74) is -4.73. The Kier molecular flexibility index (Phi) is 23.2. The number of aliphatic hydroxyl groups excluding tert-OH is 3. The zero-order valence-electron chi connectivity index (χ0n) is 59.1. The van der Waals surface area contributed by atoms with Crippen molar-refractivity contribution < 1.29 is 91.9 Å². The number of carbonyl (C=O) groups excluding carboxylic acids is 8. The minimum absolute atomic E-state index is 0.0110. The highest BCUT2D eigenvalue weighted by Gasteiger charge is 2.77. The third-order valence-electron chi connectivity index (χ3n) is 23.2. The highest BCUT2D eigenvalue weighted by Crippen LogP contribution is 2.63. The molecule has 5 N–H and O–H groups in total. The summed E-state index contributed by atoms with van der Waals surface area (Å²) in [6.45, 7) is 18.4. The summed E-state index contributed by atoms with van der Waals surface area (Å²) in [7, 11) is 0. The number of ketones is 1. The Morgan fingerprint density at radius 2 is 1.41 bits per heavy atom. The zero-order valence-corrected chi connectivity index (χ0v) is 59.1. The van der Waals surface area contributed by atoms with E-state index >= 15 is 4.79 Å². The first kappa shape index (κ1) is 75.1. The van der Waals surface area contributed by atoms with Crippen LogP contribution in [0.2, 0.25) is 0 Å². The van der Waals surface area contributed by atoms with Crippen LogP contribution in [0.4, 0.5) is 0 Å². The number of fused-ring (bicyclic) bond motifs is 4. The van der Waals surface area contributed by atoms with Crippen molar-refractivity contribution in [2.75, 3.05) is 6.61 Å². The highest BCUT2D eigenvalue weighted by atomic mass is 16.6. The van der Waals surface area contributed by atoms with Crippen molar-refractivity contribution >= 4 is 47.5 Å². The number of rotatable bonds is 22. The smallest absolute Gasteiger partial charge is 0.338 e. The van der Waals surface area contributed by atoms with Gasteiger partial charge in [-0.1, -0.05) is 145 Å². The number of unbranched alkanes of at least 4 members (excludes halogenated alkanes) is 1. The van der Waals surface area contributed by atoms with Crippen LogP contribution in [-0.2, 0) is 61.9 Å². The number of ether oxygens (including phenoxy) is 7. The van der Waals surface area contributed by atoms with Crippen LogP contribution in [0.5, 0.6) is 0 Å². The van der Waals surface area contributed by atoms with Gasteiger partial charge in [0.05, 0.1) is 41.8 Å². The summed E-state index contributed by atoms with van der Waals surface area (Å²) >= 11 is 0. The molecule has 0 bridgehead atoms. The second kappa shape index (κ2) is 30.9. The molecule has 0 radical (unpaired) electrons. The topological polar surface area (TPSA) is 294 Å². The summed E-state index contributed by atoms with van der Waals surface area (Å²) < 4.78 is 43.9. The van der Waals surface area contributed by atoms with E-state index in [-0.39, 0.29) is 61.2 Å². The lowest BCUT2D eigenvalue weighted by atomic mass is 9.49. The third kappa shape index (κ3) is 15.9. The van der Waals surface area contributed by atoms with Crippen LogP contribution in [0.1, 0.15) is 191 Å². The molecule has 1 heterocycles. The van der Waals surface area contributed by atoms with E-state index in [1.807, 2.05) is 12.2 Å². The van der Waals surface area contributed by atoms with E-state index in [9.17, 15) is 54.0 Å². The van der Waals surface area contributed by atoms with Crippen LogP contribution in [0.3, 0.4) is 0 Å². The molecule has 3 aromatic rings. The van der Waals surface area contributed by atoms with E-state index in [0.717, 1.165) is 64.4 Å². The van der Waals surface area contributed by atoms with Crippen LogP contribution in [0.15, 0.2) is 139 Å². The van der Waals surface area contributed by atoms with Crippen LogP contribution in [-0.4, -0.2) is 141 Å². The Morgan fingerprint density at radius 1 is 0.780 bits per heavy atom. The molecule has 3 aromatic carbocycles. The van der Waals surface area contributed by atoms with Gasteiger partial charge in [-0.05, 0) is 140 Å². The minimum Gasteiger partial charge on any atom is -0.462 e. The van der Waals surface area contributed by atoms with Crippen LogP contribution in [0, 0.1) is 51.8 Å². The molecule has 7 aliphatic rings. The number of amides is 1. The number of hydrogen-bond acceptors (Lipinski definition) is 19. The average Bonchev–Trinajstić information content (AvgIpc) is 1.63. The van der Waals surface area contributed by atoms with Crippen LogP contribution in [0.25, 0.3) is 0 Å². The molecule has 1 saturated heterocycles. The number of Topliss-reactive ketones (excluding diaryl/α,β-unsaturated/α-hetero) is 1. The summed E-state index contributed by atoms with van der Waals surface area (Å²) in [6, 6.07) is 22.6. The predicted octanol–water partition coefficient (Wildman–Crippen LogP) is 10.8. The van der Waals surface area contributed by atoms with Crippen LogP contribution >= 0.6 is 0 Å². The van der Waals surface area contributed by atoms with Gasteiger partial charge in [0.2, 0.25) is 0 Å². The van der Waals surface area contributed by atoms with Gasteiger partial charge in [0, 0.05) is 63.9 Å². The van der Waals surface area contributed by atoms with Gasteiger partial charge in [-0.15, -0.1) is 0 Å². The maximum absolute atomic E-state index is 16.5. The molecule has 1 amide bonds. The normalized spacial score (nSPS) is 33.3. The summed E-state index contributed by atoms with van der Waals surface area (Å²) in [5.74, 6) is -8.63. The average molecular weight is 1380 g/mol. The fourth-order valence-electron chi connectivity index (χ4n) is 17.2. The van der Waals surface area contributed by atoms with Crippen LogP contribution < -0.4 is 5.32 Å². The van der Waals surface area contributed by atoms with E-state index in [1.165, 1.54) is 31.6 Å². The first-order valence-electron chi connectivity index (χ1n) is 35.7. The molecule has 15 unspecified atom stereocenters. The van der Waals surface area contributed by atoms with Gasteiger partial charge < -0.3 is 58.9 Å². The van der Waals surface area contributed by atoms with Crippen molar-refractivity contribution in [1.29, 1.82) is 0 Å². The zero-order chi connectivity index (χ0) is 72.2. The van der Waals surface area contributed by atoms with Crippen molar-refractivity contribution in [3.8, 4) is 0 Å². The number of benzene rings is 3. The maximum atomic E-state index is 16.5. The predicted molar refractivity (Wildman–Crippen MR) is 368 cm³/mol. The van der Waals surface area contributed by atoms with Gasteiger partial charge in [-0.25, -0.2) is 9.59 Å². The van der Waals surface area contributed by atoms with E-state index < -0.39 is 149 Å². The molecule has 0 aromatic heterocycles. The Morgan fingerprint density at radius 3 is 2.01 bits per heavy atom. The number of allylic oxidation sites excluding steroid dienone is 4. The molecule has 19 atom stereocenters. The lowest BCUT2D eigenvalue weighted by Crippen LogP contribution is -2.80. The van der Waals surface area contributed by atoms with Gasteiger partial charge in [0.1, 0.15) is 36.1 Å². The standard InChI is InChI=1S/C80H101NO19/c1-46(32-39-60(84)52-34-35-52)58-37-38-59-51(29-22-40-77(58,59)9)33-36-56-41-57(42-61(85)47(56)2)96-65(86)30-20-21-31-66(87)98-63-43-64-79(45-94-64,100-50(5)83)70-72(99-74(91)55-27-18-13-19-28-55)80(93,76(6,7)8)44-62(48(3)69(95-49(4)82)71(89)78(63,70)10)97-75(92)68(88)67(53-23-14-11-15-24-53)81-73(90)54-25-16-12-17-26-54/h11-19,23-28,32-33,36,39,46,48,52,57-64,67-70,72,84-85,88,93H,2,20-22,29-31,34-35,37-38,40-45H2,1,3-10H3,(H,81,90)/b39-32+,51-33+,56-36-/t46-,48?,57+,58?,59?,60?,61-,62?,63?,64?,67?,68?,69?,70?,72?,77+,78?,79?,80?/m0/s1. The minimum atomic E-state index is -2.48. The molecule has 540 valence electrons. The number of esters is 6. The van der Waals surface area contributed by atoms with Crippen molar-refractivity contribution in [1.82, 2.24) is 5.32 Å². The van der Waals surface area contributed by atoms with Crippen molar-refractivity contribution in [2.45, 2.75) is 231 Å². The number of hydrogen-bond donors (Lipinski definition) is 5. The molecule has 10 rings (SSSR count). The van der Waals surface area contributed by atoms with Gasteiger partial charge in [-0.3, -0.25) is 28.8 Å². The van der Waals surface area contributed by atoms with Gasteiger partial charge in [0.15, 0.2) is 23.6 Å². The van der Waals surface area contributed by atoms with E-state index in [2.05, 4.69) is 37.9 Å². The first-order valence-corrected chi connectivity index (χ1v) is 35.7. The number of nitrogens with one attached hydrogen (secondary N) is 1. The molecule has 20 nitrogen and oxygen atoms in total. The first-order chi connectivity index (χ1) is 47.4. The molecule has 20 heteroatoms. The Hall–Kier alpha value is -7.62. The quantitative estimate of drug-likeness (QED) is 0.0270. The molecule has 100 heavy (non-hydrogen) atoms. The lowest BCUT2D eigenvalue weighted by molar-refractivity contribution is -0.343. The molecule has 7 fully saturated rings. The molecular formula is C80H101NO19. The third-order valence-corrected chi connectivity index (χ3v) is 23.2. The Labute approximate surface area is 586 Å². The maximum Gasteiger partial charge on any atom is 0.338 e. The lowest BCUT2D eigenvalue weighted by Gasteiger charge is -2.65. The van der Waals surface area contributed by atoms with Crippen molar-refractivity contribution in [3.63, 3.8) is 0 Å². The summed E-state index contributed by atoms with van der Waals surface area (Å²) in [6.07, 6.45) is 2.92. The second-order valence-electron chi connectivity index (χ2n) is 30.7. The molecule has 1 aliphatic heterocycles. The fraction of sp³-hybridized carbons (Fsp3) is 0.575. The van der Waals surface area contributed by atoms with Gasteiger partial charge in [0.25, 0.3) is 5.91 Å². The fourth-order valence-corrected chi connectivity index (χ4v) is 17.2. The molecule has 0 spiro atoms. The molecule has 6 saturated carbocycles. The van der Waals surface area contributed by atoms with E-state index in [1.54, 1.807) is 99.6 Å². The second-order valence-corrected chi connectivity index (χ2v) is 30.7. The van der Waals surface area contributed by atoms with Gasteiger partial charge >= 0.3 is 35.8 Å². The van der Waals surface area contributed by atoms with Gasteiger partial charge in [-0.2, -0.15) is 0 Å². The Bertz CT molecular complexity index is 3600. The number of aliphatic hydroxyl groups is 4. The summed E-state index contributed by atoms with van der Waals surface area (Å²) in [5, 5.41) is 50.9. The largest absolute Gasteiger partial charge is 0.462 e.